The van der Waals surface area contributed by atoms with E-state index in [1.54, 1.807) is 0 Å². The molecular formula is C18H28N2O5S. The van der Waals surface area contributed by atoms with Gasteiger partial charge in [0.05, 0.1) is 17.1 Å². The van der Waals surface area contributed by atoms with Crippen LogP contribution in [0.2, 0.25) is 0 Å². The number of carbonyl (C=O) groups is 4. The third-order valence-electron chi connectivity index (χ3n) is 5.04. The van der Waals surface area contributed by atoms with Crippen LogP contribution in [0.5, 0.6) is 0 Å². The second kappa shape index (κ2) is 10.5. The highest BCUT2D eigenvalue weighted by Crippen LogP contribution is 2.30. The molecule has 2 fully saturated rings. The van der Waals surface area contributed by atoms with Gasteiger partial charge in [0.1, 0.15) is 0 Å². The lowest BCUT2D eigenvalue weighted by Crippen LogP contribution is -2.40. The number of nitrogens with one attached hydrogen (secondary N) is 2. The predicted octanol–water partition coefficient (Wildman–Crippen LogP) is 1.70. The summed E-state index contributed by atoms with van der Waals surface area (Å²) in [5.41, 5.74) is 0. The highest BCUT2D eigenvalue weighted by Gasteiger charge is 2.35. The van der Waals surface area contributed by atoms with Crippen LogP contribution in [0.25, 0.3) is 0 Å². The molecule has 3 atom stereocenters. The maximum Gasteiger partial charge on any atom is 0.307 e. The first-order valence-corrected chi connectivity index (χ1v) is 10.5. The van der Waals surface area contributed by atoms with E-state index in [1.807, 2.05) is 0 Å². The lowest BCUT2D eigenvalue weighted by Gasteiger charge is -2.27. The van der Waals surface area contributed by atoms with Crippen molar-refractivity contribution in [3.63, 3.8) is 0 Å². The van der Waals surface area contributed by atoms with E-state index >= 15 is 0 Å². The molecule has 1 saturated heterocycles. The lowest BCUT2D eigenvalue weighted by molar-refractivity contribution is -0.148. The van der Waals surface area contributed by atoms with Gasteiger partial charge in [-0.05, 0) is 31.4 Å². The van der Waals surface area contributed by atoms with E-state index in [9.17, 15) is 24.3 Å². The van der Waals surface area contributed by atoms with E-state index < -0.39 is 17.8 Å². The summed E-state index contributed by atoms with van der Waals surface area (Å²) in [6, 6.07) is 0. The second-order valence-electron chi connectivity index (χ2n) is 7.02. The van der Waals surface area contributed by atoms with Gasteiger partial charge in [0.2, 0.25) is 17.7 Å². The molecule has 3 unspecified atom stereocenters. The fourth-order valence-corrected chi connectivity index (χ4v) is 4.69. The first-order chi connectivity index (χ1) is 12.5. The van der Waals surface area contributed by atoms with Crippen LogP contribution in [0.15, 0.2) is 0 Å². The van der Waals surface area contributed by atoms with Crippen LogP contribution in [0.4, 0.5) is 0 Å². The van der Waals surface area contributed by atoms with E-state index in [0.29, 0.717) is 19.4 Å². The average Bonchev–Trinajstić information content (AvgIpc) is 2.94. The summed E-state index contributed by atoms with van der Waals surface area (Å²) >= 11 is 1.53. The highest BCUT2D eigenvalue weighted by molar-refractivity contribution is 8.00. The summed E-state index contributed by atoms with van der Waals surface area (Å²) in [5, 5.41) is 14.2. The van der Waals surface area contributed by atoms with Crippen molar-refractivity contribution in [2.75, 3.05) is 12.3 Å². The zero-order valence-electron chi connectivity index (χ0n) is 15.0. The molecule has 1 aliphatic heterocycles. The van der Waals surface area contributed by atoms with Gasteiger partial charge in [-0.15, -0.1) is 11.8 Å². The fraction of sp³-hybridized carbons (Fsp3) is 0.778. The van der Waals surface area contributed by atoms with Gasteiger partial charge in [0, 0.05) is 13.0 Å². The van der Waals surface area contributed by atoms with Crippen molar-refractivity contribution in [1.82, 2.24) is 10.6 Å². The van der Waals surface area contributed by atoms with Crippen LogP contribution >= 0.6 is 11.8 Å². The molecule has 0 aromatic carbocycles. The largest absolute Gasteiger partial charge is 0.481 e. The van der Waals surface area contributed by atoms with E-state index in [1.165, 1.54) is 11.8 Å². The summed E-state index contributed by atoms with van der Waals surface area (Å²) in [5.74, 6) is -1.43. The molecule has 1 aliphatic carbocycles. The molecule has 2 aliphatic rings. The molecule has 146 valence electrons. The average molecular weight is 384 g/mol. The van der Waals surface area contributed by atoms with Crippen molar-refractivity contribution in [2.45, 2.75) is 63.0 Å². The number of hydrogen-bond donors (Lipinski definition) is 3. The third-order valence-corrected chi connectivity index (χ3v) is 6.34. The van der Waals surface area contributed by atoms with Crippen molar-refractivity contribution in [3.05, 3.63) is 0 Å². The molecule has 0 bridgehead atoms. The Morgan fingerprint density at radius 3 is 2.42 bits per heavy atom. The maximum atomic E-state index is 12.2. The number of unbranched alkanes of at least 4 members (excludes halogenated alkanes) is 3. The summed E-state index contributed by atoms with van der Waals surface area (Å²) < 4.78 is 0. The Morgan fingerprint density at radius 2 is 1.77 bits per heavy atom. The highest BCUT2D eigenvalue weighted by atomic mass is 32.2. The van der Waals surface area contributed by atoms with Crippen molar-refractivity contribution < 1.29 is 24.3 Å². The van der Waals surface area contributed by atoms with Gasteiger partial charge < -0.3 is 10.4 Å². The number of hydrogen-bond acceptors (Lipinski definition) is 5. The second-order valence-corrected chi connectivity index (χ2v) is 8.33. The Hall–Kier alpha value is -1.57. The molecule has 0 spiro atoms. The number of carboxylic acids is 1. The topological polar surface area (TPSA) is 113 Å². The molecule has 0 aromatic rings. The van der Waals surface area contributed by atoms with Crippen molar-refractivity contribution in [3.8, 4) is 0 Å². The van der Waals surface area contributed by atoms with Crippen LogP contribution < -0.4 is 10.6 Å². The molecular weight excluding hydrogens is 356 g/mol. The summed E-state index contributed by atoms with van der Waals surface area (Å²) in [7, 11) is 0. The van der Waals surface area contributed by atoms with Crippen molar-refractivity contribution in [2.24, 2.45) is 11.8 Å². The third kappa shape index (κ3) is 6.30. The SMILES string of the molecule is O=C1CC(SCCCCCCNC(=O)C2CCCCC2C(=O)O)C(=O)N1. The number of thioether (sulfide) groups is 1. The quantitative estimate of drug-likeness (QED) is 0.390. The Morgan fingerprint density at radius 1 is 1.08 bits per heavy atom. The smallest absolute Gasteiger partial charge is 0.307 e. The molecule has 3 amide bonds. The predicted molar refractivity (Wildman–Crippen MR) is 98.6 cm³/mol. The van der Waals surface area contributed by atoms with Gasteiger partial charge >= 0.3 is 5.97 Å². The molecule has 0 radical (unpaired) electrons. The van der Waals surface area contributed by atoms with Crippen LogP contribution in [0.1, 0.15) is 57.8 Å². The molecule has 8 heteroatoms. The number of aliphatic carboxylic acids is 1. The molecule has 1 saturated carbocycles. The first-order valence-electron chi connectivity index (χ1n) is 9.45. The fourth-order valence-electron chi connectivity index (χ4n) is 3.55. The number of carboxylic acid groups (broad SMARTS) is 1. The van der Waals surface area contributed by atoms with Crippen LogP contribution in [-0.2, 0) is 19.2 Å². The van der Waals surface area contributed by atoms with E-state index in [2.05, 4.69) is 10.6 Å². The van der Waals surface area contributed by atoms with Gasteiger partial charge in [-0.2, -0.15) is 0 Å². The normalized spacial score (nSPS) is 25.8. The molecule has 1 heterocycles. The van der Waals surface area contributed by atoms with Gasteiger partial charge in [0.15, 0.2) is 0 Å². The van der Waals surface area contributed by atoms with E-state index in [-0.39, 0.29) is 29.4 Å². The van der Waals surface area contributed by atoms with Gasteiger partial charge in [-0.1, -0.05) is 25.7 Å². The maximum absolute atomic E-state index is 12.2. The van der Waals surface area contributed by atoms with Crippen LogP contribution in [0.3, 0.4) is 0 Å². The van der Waals surface area contributed by atoms with Gasteiger partial charge in [0.25, 0.3) is 0 Å². The molecule has 0 aromatic heterocycles. The van der Waals surface area contributed by atoms with Gasteiger partial charge in [-0.25, -0.2) is 0 Å². The number of rotatable bonds is 10. The van der Waals surface area contributed by atoms with Crippen LogP contribution in [0, 0.1) is 11.8 Å². The monoisotopic (exact) mass is 384 g/mol. The Kier molecular flexibility index (Phi) is 8.41. The van der Waals surface area contributed by atoms with Gasteiger partial charge in [-0.3, -0.25) is 24.5 Å². The minimum Gasteiger partial charge on any atom is -0.481 e. The molecule has 7 nitrogen and oxygen atoms in total. The van der Waals surface area contributed by atoms with Crippen LogP contribution in [-0.4, -0.2) is 46.3 Å². The molecule has 2 rings (SSSR count). The lowest BCUT2D eigenvalue weighted by atomic mass is 9.78. The van der Waals surface area contributed by atoms with E-state index in [0.717, 1.165) is 44.3 Å². The number of imide groups is 1. The Balaban J connectivity index is 1.51. The standard InChI is InChI=1S/C18H28N2O5S/c21-15-11-14(17(23)20-15)26-10-6-2-1-5-9-19-16(22)12-7-3-4-8-13(12)18(24)25/h12-14H,1-11H2,(H,19,22)(H,24,25)(H,20,21,23). The minimum atomic E-state index is -0.861. The minimum absolute atomic E-state index is 0.121. The first kappa shape index (κ1) is 20.7. The van der Waals surface area contributed by atoms with Crippen molar-refractivity contribution in [1.29, 1.82) is 0 Å². The summed E-state index contributed by atoms with van der Waals surface area (Å²) in [6.07, 6.45) is 7.17. The zero-order chi connectivity index (χ0) is 18.9. The van der Waals surface area contributed by atoms with Crippen molar-refractivity contribution >= 4 is 35.5 Å². The number of amides is 3. The summed E-state index contributed by atoms with van der Waals surface area (Å²) in [6.45, 7) is 0.578. The number of carbonyl (C=O) groups excluding carboxylic acids is 3. The molecule has 26 heavy (non-hydrogen) atoms. The Bertz CT molecular complexity index is 540. The zero-order valence-corrected chi connectivity index (χ0v) is 15.8. The molecule has 3 N–H and O–H groups in total. The Labute approximate surface area is 158 Å². The summed E-state index contributed by atoms with van der Waals surface area (Å²) in [4.78, 5) is 46.0. The van der Waals surface area contributed by atoms with E-state index in [4.69, 9.17) is 0 Å².